The zero-order valence-electron chi connectivity index (χ0n) is 11.6. The van der Waals surface area contributed by atoms with E-state index in [0.717, 1.165) is 17.2 Å². The van der Waals surface area contributed by atoms with Crippen molar-refractivity contribution in [2.24, 2.45) is 0 Å². The lowest BCUT2D eigenvalue weighted by Gasteiger charge is -2.03. The smallest absolute Gasteiger partial charge is 0.149 e. The van der Waals surface area contributed by atoms with Crippen molar-refractivity contribution in [3.63, 3.8) is 0 Å². The van der Waals surface area contributed by atoms with Crippen LogP contribution in [0.5, 0.6) is 17.2 Å². The van der Waals surface area contributed by atoms with Crippen molar-refractivity contribution < 1.29 is 14.2 Å². The second-order valence-corrected chi connectivity index (χ2v) is 4.50. The Morgan fingerprint density at radius 3 is 1.67 bits per heavy atom. The molecule has 3 nitrogen and oxygen atoms in total. The van der Waals surface area contributed by atoms with Gasteiger partial charge in [-0.1, -0.05) is 23.4 Å². The molecule has 0 aliphatic carbocycles. The molecule has 0 aliphatic heterocycles. The van der Waals surface area contributed by atoms with E-state index in [-0.39, 0.29) is 0 Å². The van der Waals surface area contributed by atoms with E-state index >= 15 is 0 Å². The van der Waals surface area contributed by atoms with Gasteiger partial charge in [0.2, 0.25) is 0 Å². The lowest BCUT2D eigenvalue weighted by Crippen LogP contribution is -1.97. The van der Waals surface area contributed by atoms with Crippen LogP contribution in [0.4, 0.5) is 0 Å². The third-order valence-corrected chi connectivity index (χ3v) is 2.87. The first-order chi connectivity index (χ1) is 10.3. The van der Waals surface area contributed by atoms with E-state index in [0.29, 0.717) is 18.2 Å². The molecule has 0 bridgehead atoms. The molecular formula is C17H15ClO3. The van der Waals surface area contributed by atoms with E-state index < -0.39 is 0 Å². The predicted molar refractivity (Wildman–Crippen MR) is 83.2 cm³/mol. The maximum atomic E-state index is 5.78. The van der Waals surface area contributed by atoms with Gasteiger partial charge < -0.3 is 14.2 Å². The van der Waals surface area contributed by atoms with Crippen LogP contribution in [0.15, 0.2) is 48.5 Å². The zero-order valence-corrected chi connectivity index (χ0v) is 12.4. The Hall–Kier alpha value is -2.31. The quantitative estimate of drug-likeness (QED) is 0.786. The third-order valence-electron chi connectivity index (χ3n) is 2.62. The summed E-state index contributed by atoms with van der Waals surface area (Å²) >= 11 is 5.78. The summed E-state index contributed by atoms with van der Waals surface area (Å²) in [6, 6.07) is 14.5. The van der Waals surface area contributed by atoms with Gasteiger partial charge in [0, 0.05) is 5.02 Å². The second kappa shape index (κ2) is 8.08. The van der Waals surface area contributed by atoms with Gasteiger partial charge >= 0.3 is 0 Å². The molecule has 0 atom stereocenters. The Kier molecular flexibility index (Phi) is 5.81. The molecule has 108 valence electrons. The average Bonchev–Trinajstić information content (AvgIpc) is 2.53. The van der Waals surface area contributed by atoms with Crippen molar-refractivity contribution in [1.82, 2.24) is 0 Å². The fourth-order valence-corrected chi connectivity index (χ4v) is 1.67. The lowest BCUT2D eigenvalue weighted by molar-refractivity contribution is 0.361. The van der Waals surface area contributed by atoms with E-state index in [1.54, 1.807) is 31.4 Å². The molecule has 21 heavy (non-hydrogen) atoms. The summed E-state index contributed by atoms with van der Waals surface area (Å²) in [4.78, 5) is 0. The Balaban J connectivity index is 1.70. The summed E-state index contributed by atoms with van der Waals surface area (Å²) in [5, 5.41) is 0.682. The van der Waals surface area contributed by atoms with Crippen LogP contribution in [0.2, 0.25) is 5.02 Å². The first kappa shape index (κ1) is 15.1. The van der Waals surface area contributed by atoms with E-state index in [2.05, 4.69) is 11.8 Å². The van der Waals surface area contributed by atoms with Gasteiger partial charge in [-0.05, 0) is 48.5 Å². The SMILES string of the molecule is COc1ccc(OCC#CCOc2ccc(Cl)cc2)cc1. The van der Waals surface area contributed by atoms with Gasteiger partial charge in [-0.3, -0.25) is 0 Å². The van der Waals surface area contributed by atoms with E-state index in [4.69, 9.17) is 25.8 Å². The maximum Gasteiger partial charge on any atom is 0.149 e. The normalized spacial score (nSPS) is 9.43. The standard InChI is InChI=1S/C17H15ClO3/c1-19-15-8-10-17(11-9-15)21-13-3-2-12-20-16-6-4-14(18)5-7-16/h4-11H,12-13H2,1H3. The fraction of sp³-hybridized carbons (Fsp3) is 0.176. The third kappa shape index (κ3) is 5.29. The monoisotopic (exact) mass is 302 g/mol. The number of hydrogen-bond acceptors (Lipinski definition) is 3. The first-order valence-electron chi connectivity index (χ1n) is 6.39. The highest BCUT2D eigenvalue weighted by atomic mass is 35.5. The minimum absolute atomic E-state index is 0.313. The fourth-order valence-electron chi connectivity index (χ4n) is 1.54. The number of hydrogen-bond donors (Lipinski definition) is 0. The van der Waals surface area contributed by atoms with Crippen LogP contribution in [-0.4, -0.2) is 20.3 Å². The molecule has 2 aromatic rings. The van der Waals surface area contributed by atoms with Crippen molar-refractivity contribution in [3.8, 4) is 29.1 Å². The maximum absolute atomic E-state index is 5.78. The molecule has 0 N–H and O–H groups in total. The van der Waals surface area contributed by atoms with Gasteiger partial charge in [0.05, 0.1) is 7.11 Å². The summed E-state index contributed by atoms with van der Waals surface area (Å²) in [5.74, 6) is 8.07. The largest absolute Gasteiger partial charge is 0.497 e. The molecule has 0 aliphatic rings. The van der Waals surface area contributed by atoms with Crippen LogP contribution < -0.4 is 14.2 Å². The lowest BCUT2D eigenvalue weighted by atomic mass is 10.3. The number of benzene rings is 2. The second-order valence-electron chi connectivity index (χ2n) is 4.06. The summed E-state index contributed by atoms with van der Waals surface area (Å²) < 4.78 is 16.0. The molecular weight excluding hydrogens is 288 g/mol. The average molecular weight is 303 g/mol. The van der Waals surface area contributed by atoms with Crippen LogP contribution >= 0.6 is 11.6 Å². The Labute approximate surface area is 129 Å². The highest BCUT2D eigenvalue weighted by Gasteiger charge is 1.93. The van der Waals surface area contributed by atoms with Crippen molar-refractivity contribution >= 4 is 11.6 Å². The van der Waals surface area contributed by atoms with Crippen molar-refractivity contribution in [3.05, 3.63) is 53.6 Å². The summed E-state index contributed by atoms with van der Waals surface area (Å²) in [6.45, 7) is 0.629. The van der Waals surface area contributed by atoms with Crippen LogP contribution in [0.3, 0.4) is 0 Å². The summed E-state index contributed by atoms with van der Waals surface area (Å²) in [7, 11) is 1.63. The van der Waals surface area contributed by atoms with Crippen LogP contribution in [0.1, 0.15) is 0 Å². The van der Waals surface area contributed by atoms with Gasteiger partial charge in [0.25, 0.3) is 0 Å². The Morgan fingerprint density at radius 2 is 1.19 bits per heavy atom. The van der Waals surface area contributed by atoms with Crippen LogP contribution in [0.25, 0.3) is 0 Å². The van der Waals surface area contributed by atoms with E-state index in [1.165, 1.54) is 0 Å². The van der Waals surface area contributed by atoms with Gasteiger partial charge in [-0.2, -0.15) is 0 Å². The van der Waals surface area contributed by atoms with Crippen molar-refractivity contribution in [1.29, 1.82) is 0 Å². The minimum Gasteiger partial charge on any atom is -0.497 e. The molecule has 0 spiro atoms. The van der Waals surface area contributed by atoms with Crippen molar-refractivity contribution in [2.45, 2.75) is 0 Å². The van der Waals surface area contributed by atoms with Gasteiger partial charge in [-0.25, -0.2) is 0 Å². The highest BCUT2D eigenvalue weighted by Crippen LogP contribution is 2.17. The summed E-state index contributed by atoms with van der Waals surface area (Å²) in [5.41, 5.74) is 0. The van der Waals surface area contributed by atoms with E-state index in [1.807, 2.05) is 24.3 Å². The molecule has 2 rings (SSSR count). The number of methoxy groups -OCH3 is 1. The number of halogens is 1. The molecule has 0 radical (unpaired) electrons. The topological polar surface area (TPSA) is 27.7 Å². The molecule has 0 aromatic heterocycles. The Bertz CT molecular complexity index is 609. The minimum atomic E-state index is 0.313. The number of ether oxygens (including phenoxy) is 3. The molecule has 0 unspecified atom stereocenters. The molecule has 0 fully saturated rings. The van der Waals surface area contributed by atoms with Gasteiger partial charge in [0.1, 0.15) is 30.5 Å². The van der Waals surface area contributed by atoms with Crippen LogP contribution in [-0.2, 0) is 0 Å². The van der Waals surface area contributed by atoms with Crippen molar-refractivity contribution in [2.75, 3.05) is 20.3 Å². The number of rotatable bonds is 5. The summed E-state index contributed by atoms with van der Waals surface area (Å²) in [6.07, 6.45) is 0. The molecule has 0 saturated heterocycles. The molecule has 0 saturated carbocycles. The van der Waals surface area contributed by atoms with Gasteiger partial charge in [0.15, 0.2) is 0 Å². The first-order valence-corrected chi connectivity index (χ1v) is 6.76. The zero-order chi connectivity index (χ0) is 14.9. The molecule has 0 heterocycles. The van der Waals surface area contributed by atoms with Crippen LogP contribution in [0, 0.1) is 11.8 Å². The Morgan fingerprint density at radius 1 is 0.762 bits per heavy atom. The molecule has 2 aromatic carbocycles. The molecule has 0 amide bonds. The predicted octanol–water partition coefficient (Wildman–Crippen LogP) is 3.81. The van der Waals surface area contributed by atoms with E-state index in [9.17, 15) is 0 Å². The molecule has 4 heteroatoms. The highest BCUT2D eigenvalue weighted by molar-refractivity contribution is 6.30. The van der Waals surface area contributed by atoms with Gasteiger partial charge in [-0.15, -0.1) is 0 Å².